The molecule has 0 heterocycles. The third kappa shape index (κ3) is 6.97. The molecule has 19 heavy (non-hydrogen) atoms. The first-order valence-corrected chi connectivity index (χ1v) is 5.35. The lowest BCUT2D eigenvalue weighted by atomic mass is 10.2. The molecule has 0 bridgehead atoms. The summed E-state index contributed by atoms with van der Waals surface area (Å²) in [6.45, 7) is -0.378. The second kappa shape index (κ2) is 9.81. The van der Waals surface area contributed by atoms with Crippen molar-refractivity contribution in [3.05, 3.63) is 29.8 Å². The summed E-state index contributed by atoms with van der Waals surface area (Å²) in [5.41, 5.74) is 0.111. The first-order valence-electron chi connectivity index (χ1n) is 5.35. The number of rotatable bonds is 5. The summed E-state index contributed by atoms with van der Waals surface area (Å²) in [6, 6.07) is 5.88. The van der Waals surface area contributed by atoms with Crippen molar-refractivity contribution in [2.75, 3.05) is 13.7 Å². The molecule has 0 saturated heterocycles. The van der Waals surface area contributed by atoms with Gasteiger partial charge in [0.2, 0.25) is 0 Å². The van der Waals surface area contributed by atoms with E-state index in [2.05, 4.69) is 14.8 Å². The molecule has 0 spiro atoms. The van der Waals surface area contributed by atoms with Gasteiger partial charge in [0.1, 0.15) is 5.75 Å². The minimum absolute atomic E-state index is 0.111. The fourth-order valence-corrected chi connectivity index (χ4v) is 1.11. The first-order chi connectivity index (χ1) is 9.06. The Morgan fingerprint density at radius 2 is 2.00 bits per heavy atom. The molecule has 0 unspecified atom stereocenters. The maximum absolute atomic E-state index is 12.0. The number of carbonyl (C=O) groups excluding carboxylic acids is 2. The fraction of sp³-hybridized carbons (Fsp3) is 0.333. The average Bonchev–Trinajstić information content (AvgIpc) is 2.39. The highest BCUT2D eigenvalue weighted by atomic mass is 19.3. The number of methoxy groups -OCH3 is 1. The number of halogens is 2. The van der Waals surface area contributed by atoms with Crippen molar-refractivity contribution in [3.8, 4) is 5.75 Å². The monoisotopic (exact) mass is 275 g/mol. The normalized spacial score (nSPS) is 9.11. The summed E-state index contributed by atoms with van der Waals surface area (Å²) in [7, 11) is 1.31. The second-order valence-corrected chi connectivity index (χ2v) is 3.07. The van der Waals surface area contributed by atoms with Gasteiger partial charge in [0.25, 0.3) is 12.4 Å². The maximum atomic E-state index is 12.0. The van der Waals surface area contributed by atoms with Crippen LogP contribution in [0.25, 0.3) is 0 Å². The van der Waals surface area contributed by atoms with Crippen LogP contribution in [0.3, 0.4) is 0 Å². The van der Waals surface area contributed by atoms with Crippen LogP contribution in [0.15, 0.2) is 24.3 Å². The summed E-state index contributed by atoms with van der Waals surface area (Å²) in [6.07, 6.45) is 0. The van der Waals surface area contributed by atoms with Crippen LogP contribution in [0.5, 0.6) is 5.75 Å². The number of hydrogen-bond donors (Lipinski definition) is 1. The second-order valence-electron chi connectivity index (χ2n) is 3.07. The molecule has 0 saturated carbocycles. The van der Waals surface area contributed by atoms with Gasteiger partial charge in [0.15, 0.2) is 0 Å². The summed E-state index contributed by atoms with van der Waals surface area (Å²) in [5, 5.41) is 2.51. The molecule has 1 rings (SSSR count). The number of amides is 1. The molecule has 0 radical (unpaired) electrons. The number of carbonyl (C=O) groups is 2. The van der Waals surface area contributed by atoms with E-state index in [0.717, 1.165) is 0 Å². The van der Waals surface area contributed by atoms with E-state index in [9.17, 15) is 13.6 Å². The predicted octanol–water partition coefficient (Wildman–Crippen LogP) is 1.83. The number of alkyl halides is 2. The predicted molar refractivity (Wildman–Crippen MR) is 64.2 cm³/mol. The SMILES string of the molecule is CCNC(=O)c1ccccc1OC(F)F.COC=O. The molecule has 1 aromatic rings. The number of nitrogens with one attached hydrogen (secondary N) is 1. The minimum atomic E-state index is -2.93. The zero-order chi connectivity index (χ0) is 14.7. The van der Waals surface area contributed by atoms with E-state index in [0.29, 0.717) is 13.0 Å². The Bertz CT molecular complexity index is 399. The summed E-state index contributed by atoms with van der Waals surface area (Å²) in [5.74, 6) is -0.535. The van der Waals surface area contributed by atoms with Crippen LogP contribution < -0.4 is 10.1 Å². The first kappa shape index (κ1) is 16.8. The lowest BCUT2D eigenvalue weighted by molar-refractivity contribution is -0.126. The highest BCUT2D eigenvalue weighted by Crippen LogP contribution is 2.19. The molecule has 0 aromatic heterocycles. The van der Waals surface area contributed by atoms with E-state index >= 15 is 0 Å². The van der Waals surface area contributed by atoms with Gasteiger partial charge in [-0.15, -0.1) is 0 Å². The number of ether oxygens (including phenoxy) is 2. The lowest BCUT2D eigenvalue weighted by Crippen LogP contribution is -2.23. The molecule has 0 aliphatic rings. The molecule has 0 aliphatic heterocycles. The van der Waals surface area contributed by atoms with Crippen molar-refractivity contribution in [2.45, 2.75) is 13.5 Å². The Kier molecular flexibility index (Phi) is 8.68. The van der Waals surface area contributed by atoms with Crippen molar-refractivity contribution in [1.82, 2.24) is 5.32 Å². The quantitative estimate of drug-likeness (QED) is 0.833. The van der Waals surface area contributed by atoms with Crippen molar-refractivity contribution in [3.63, 3.8) is 0 Å². The zero-order valence-electron chi connectivity index (χ0n) is 10.6. The van der Waals surface area contributed by atoms with E-state index in [1.54, 1.807) is 13.0 Å². The Balaban J connectivity index is 0.000000711. The molecule has 5 nitrogen and oxygen atoms in total. The van der Waals surface area contributed by atoms with Crippen molar-refractivity contribution >= 4 is 12.4 Å². The molecule has 1 amide bonds. The maximum Gasteiger partial charge on any atom is 0.387 e. The van der Waals surface area contributed by atoms with Crippen LogP contribution >= 0.6 is 0 Å². The molecule has 1 aromatic carbocycles. The molecule has 0 atom stereocenters. The van der Waals surface area contributed by atoms with Gasteiger partial charge in [0, 0.05) is 6.54 Å². The van der Waals surface area contributed by atoms with Crippen LogP contribution in [0.1, 0.15) is 17.3 Å². The van der Waals surface area contributed by atoms with E-state index in [-0.39, 0.29) is 11.3 Å². The Labute approximate surface area is 109 Å². The Morgan fingerprint density at radius 1 is 1.42 bits per heavy atom. The smallest absolute Gasteiger partial charge is 0.387 e. The van der Waals surface area contributed by atoms with Crippen LogP contribution in [0, 0.1) is 0 Å². The zero-order valence-corrected chi connectivity index (χ0v) is 10.6. The van der Waals surface area contributed by atoms with Crippen molar-refractivity contribution < 1.29 is 27.8 Å². The van der Waals surface area contributed by atoms with Gasteiger partial charge < -0.3 is 14.8 Å². The van der Waals surface area contributed by atoms with Crippen LogP contribution in [-0.2, 0) is 9.53 Å². The van der Waals surface area contributed by atoms with Gasteiger partial charge in [0.05, 0.1) is 12.7 Å². The van der Waals surface area contributed by atoms with Crippen molar-refractivity contribution in [2.24, 2.45) is 0 Å². The van der Waals surface area contributed by atoms with Gasteiger partial charge in [-0.1, -0.05) is 12.1 Å². The van der Waals surface area contributed by atoms with Gasteiger partial charge in [-0.2, -0.15) is 8.78 Å². The highest BCUT2D eigenvalue weighted by Gasteiger charge is 2.13. The van der Waals surface area contributed by atoms with Crippen LogP contribution in [0.2, 0.25) is 0 Å². The summed E-state index contributed by atoms with van der Waals surface area (Å²) < 4.78 is 32.1. The third-order valence-electron chi connectivity index (χ3n) is 1.78. The molecular weight excluding hydrogens is 260 g/mol. The van der Waals surface area contributed by atoms with Crippen LogP contribution in [0.4, 0.5) is 8.78 Å². The molecule has 0 aliphatic carbocycles. The van der Waals surface area contributed by atoms with E-state index in [1.165, 1.54) is 25.3 Å². The van der Waals surface area contributed by atoms with Gasteiger partial charge in [-0.05, 0) is 19.1 Å². The number of benzene rings is 1. The summed E-state index contributed by atoms with van der Waals surface area (Å²) in [4.78, 5) is 20.4. The van der Waals surface area contributed by atoms with E-state index in [4.69, 9.17) is 4.79 Å². The van der Waals surface area contributed by atoms with E-state index < -0.39 is 12.5 Å². The van der Waals surface area contributed by atoms with Crippen LogP contribution in [-0.4, -0.2) is 32.6 Å². The topological polar surface area (TPSA) is 64.6 Å². The Hall–Kier alpha value is -2.18. The lowest BCUT2D eigenvalue weighted by Gasteiger charge is -2.09. The fourth-order valence-electron chi connectivity index (χ4n) is 1.11. The summed E-state index contributed by atoms with van der Waals surface area (Å²) >= 11 is 0. The molecule has 1 N–H and O–H groups in total. The van der Waals surface area contributed by atoms with Gasteiger partial charge in [-0.25, -0.2) is 0 Å². The van der Waals surface area contributed by atoms with E-state index in [1.807, 2.05) is 0 Å². The number of hydrogen-bond acceptors (Lipinski definition) is 4. The van der Waals surface area contributed by atoms with Crippen molar-refractivity contribution in [1.29, 1.82) is 0 Å². The molecule has 7 heteroatoms. The highest BCUT2D eigenvalue weighted by molar-refractivity contribution is 5.96. The van der Waals surface area contributed by atoms with Gasteiger partial charge >= 0.3 is 6.61 Å². The molecular formula is C12H15F2NO4. The van der Waals surface area contributed by atoms with Gasteiger partial charge in [-0.3, -0.25) is 9.59 Å². The largest absolute Gasteiger partial charge is 0.471 e. The molecule has 0 fully saturated rings. The minimum Gasteiger partial charge on any atom is -0.471 e. The average molecular weight is 275 g/mol. The Morgan fingerprint density at radius 3 is 2.47 bits per heavy atom. The third-order valence-corrected chi connectivity index (χ3v) is 1.78. The standard InChI is InChI=1S/C10H11F2NO2.C2H4O2/c1-2-13-9(14)7-5-3-4-6-8(7)15-10(11)12;1-4-2-3/h3-6,10H,2H2,1H3,(H,13,14);2H,1H3. The molecule has 106 valence electrons. The number of para-hydroxylation sites is 1.